The third-order valence-electron chi connectivity index (χ3n) is 5.66. The number of ether oxygens (including phenoxy) is 5. The lowest BCUT2D eigenvalue weighted by atomic mass is 10.0. The highest BCUT2D eigenvalue weighted by Crippen LogP contribution is 2.32. The van der Waals surface area contributed by atoms with Gasteiger partial charge in [0.05, 0.1) is 28.4 Å². The predicted octanol–water partition coefficient (Wildman–Crippen LogP) is 5.19. The van der Waals surface area contributed by atoms with Crippen LogP contribution >= 0.6 is 0 Å². The Morgan fingerprint density at radius 3 is 2.14 bits per heavy atom. The van der Waals surface area contributed by atoms with Crippen molar-refractivity contribution in [3.8, 4) is 28.7 Å². The number of methoxy groups -OCH3 is 4. The molecule has 0 heterocycles. The summed E-state index contributed by atoms with van der Waals surface area (Å²) in [5.74, 6) is 2.83. The van der Waals surface area contributed by atoms with Crippen LogP contribution in [0.1, 0.15) is 16.7 Å². The maximum absolute atomic E-state index is 13.5. The van der Waals surface area contributed by atoms with Gasteiger partial charge in [-0.2, -0.15) is 0 Å². The third kappa shape index (κ3) is 7.07. The molecule has 0 bridgehead atoms. The van der Waals surface area contributed by atoms with E-state index in [1.54, 1.807) is 46.6 Å². The van der Waals surface area contributed by atoms with E-state index in [4.69, 9.17) is 23.7 Å². The lowest BCUT2D eigenvalue weighted by molar-refractivity contribution is -0.115. The van der Waals surface area contributed by atoms with E-state index in [0.29, 0.717) is 59.5 Å². The smallest absolute Gasteiger partial charge is 0.251 e. The van der Waals surface area contributed by atoms with Gasteiger partial charge in [0, 0.05) is 17.7 Å². The van der Waals surface area contributed by atoms with Crippen LogP contribution in [0.2, 0.25) is 0 Å². The molecule has 0 saturated heterocycles. The Labute approximate surface area is 218 Å². The van der Waals surface area contributed by atoms with Gasteiger partial charge in [-0.25, -0.2) is 0 Å². The van der Waals surface area contributed by atoms with E-state index in [9.17, 15) is 4.79 Å². The Morgan fingerprint density at radius 2 is 1.46 bits per heavy atom. The van der Waals surface area contributed by atoms with Crippen molar-refractivity contribution in [3.63, 3.8) is 0 Å². The van der Waals surface area contributed by atoms with E-state index >= 15 is 0 Å². The maximum atomic E-state index is 13.5. The molecule has 1 N–H and O–H groups in total. The van der Waals surface area contributed by atoms with Crippen molar-refractivity contribution in [3.05, 3.63) is 90.0 Å². The van der Waals surface area contributed by atoms with E-state index in [-0.39, 0.29) is 5.91 Å². The van der Waals surface area contributed by atoms with Gasteiger partial charge in [0.2, 0.25) is 0 Å². The largest absolute Gasteiger partial charge is 0.493 e. The summed E-state index contributed by atoms with van der Waals surface area (Å²) in [6.07, 6.45) is 4.10. The lowest BCUT2D eigenvalue weighted by Crippen LogP contribution is -2.26. The van der Waals surface area contributed by atoms with Crippen LogP contribution in [0.25, 0.3) is 11.6 Å². The molecule has 0 atom stereocenters. The Balaban J connectivity index is 1.90. The van der Waals surface area contributed by atoms with Crippen LogP contribution in [0.5, 0.6) is 28.7 Å². The molecule has 0 spiro atoms. The molecule has 1 amide bonds. The van der Waals surface area contributed by atoms with Gasteiger partial charge in [0.1, 0.15) is 12.4 Å². The molecular weight excluding hydrogens is 470 g/mol. The van der Waals surface area contributed by atoms with E-state index in [1.165, 1.54) is 0 Å². The van der Waals surface area contributed by atoms with Crippen molar-refractivity contribution in [2.24, 2.45) is 0 Å². The zero-order chi connectivity index (χ0) is 26.6. The molecule has 37 heavy (non-hydrogen) atoms. The first kappa shape index (κ1) is 27.2. The number of benzene rings is 3. The summed E-state index contributed by atoms with van der Waals surface area (Å²) >= 11 is 0. The number of rotatable bonds is 13. The van der Waals surface area contributed by atoms with E-state index < -0.39 is 0 Å². The fraction of sp³-hybridized carbons (Fsp3) is 0.233. The molecule has 7 heteroatoms. The van der Waals surface area contributed by atoms with Crippen LogP contribution < -0.4 is 29.0 Å². The van der Waals surface area contributed by atoms with Crippen molar-refractivity contribution in [2.75, 3.05) is 41.6 Å². The van der Waals surface area contributed by atoms with Gasteiger partial charge >= 0.3 is 0 Å². The summed E-state index contributed by atoms with van der Waals surface area (Å²) in [5.41, 5.74) is 2.92. The van der Waals surface area contributed by atoms with Crippen molar-refractivity contribution < 1.29 is 28.5 Å². The minimum Gasteiger partial charge on any atom is -0.493 e. The maximum Gasteiger partial charge on any atom is 0.251 e. The topological polar surface area (TPSA) is 75.3 Å². The number of hydrogen-bond acceptors (Lipinski definition) is 6. The minimum atomic E-state index is -0.230. The van der Waals surface area contributed by atoms with Crippen LogP contribution in [0.3, 0.4) is 0 Å². The highest BCUT2D eigenvalue weighted by atomic mass is 16.5. The van der Waals surface area contributed by atoms with Crippen LogP contribution in [0.4, 0.5) is 0 Å². The Morgan fingerprint density at radius 1 is 0.811 bits per heavy atom. The first-order chi connectivity index (χ1) is 18.0. The average molecular weight is 504 g/mol. The standard InChI is InChI=1S/C30H33NO6/c1-6-17-37-25-10-8-7-9-23(25)19-24(22-12-14-27(34-3)29(20-22)36-5)30(32)31-16-15-21-11-13-26(33-2)28(18-21)35-4/h6-14,18-20H,1,15-17H2,2-5H3,(H,31,32)/b24-19+. The Bertz CT molecular complexity index is 1250. The predicted molar refractivity (Wildman–Crippen MR) is 146 cm³/mol. The monoisotopic (exact) mass is 503 g/mol. The summed E-state index contributed by atoms with van der Waals surface area (Å²) < 4.78 is 27.3. The Kier molecular flexibility index (Phi) is 10.0. The molecule has 0 aliphatic carbocycles. The zero-order valence-electron chi connectivity index (χ0n) is 21.7. The quantitative estimate of drug-likeness (QED) is 0.197. The average Bonchev–Trinajstić information content (AvgIpc) is 2.94. The van der Waals surface area contributed by atoms with Gasteiger partial charge in [-0.3, -0.25) is 4.79 Å². The third-order valence-corrected chi connectivity index (χ3v) is 5.66. The van der Waals surface area contributed by atoms with Crippen molar-refractivity contribution >= 4 is 17.6 Å². The molecule has 0 unspecified atom stereocenters. The molecule has 194 valence electrons. The normalized spacial score (nSPS) is 10.9. The highest BCUT2D eigenvalue weighted by Gasteiger charge is 2.16. The number of hydrogen-bond donors (Lipinski definition) is 1. The number of carbonyl (C=O) groups excluding carboxylic acids is 1. The first-order valence-corrected chi connectivity index (χ1v) is 11.8. The molecule has 7 nitrogen and oxygen atoms in total. The van der Waals surface area contributed by atoms with Crippen molar-refractivity contribution in [1.29, 1.82) is 0 Å². The molecule has 0 aromatic heterocycles. The fourth-order valence-corrected chi connectivity index (χ4v) is 3.77. The molecule has 0 fully saturated rings. The lowest BCUT2D eigenvalue weighted by Gasteiger charge is -2.14. The van der Waals surface area contributed by atoms with Crippen LogP contribution in [-0.2, 0) is 11.2 Å². The molecule has 3 rings (SSSR count). The van der Waals surface area contributed by atoms with Gasteiger partial charge in [-0.1, -0.05) is 43.0 Å². The Hall–Kier alpha value is -4.39. The summed E-state index contributed by atoms with van der Waals surface area (Å²) in [5, 5.41) is 3.04. The van der Waals surface area contributed by atoms with Crippen molar-refractivity contribution in [2.45, 2.75) is 6.42 Å². The summed E-state index contributed by atoms with van der Waals surface area (Å²) in [7, 11) is 6.33. The summed E-state index contributed by atoms with van der Waals surface area (Å²) in [6, 6.07) is 18.6. The van der Waals surface area contributed by atoms with E-state index in [2.05, 4.69) is 11.9 Å². The number of carbonyl (C=O) groups is 1. The van der Waals surface area contributed by atoms with Gasteiger partial charge in [-0.05, 0) is 54.0 Å². The first-order valence-electron chi connectivity index (χ1n) is 11.8. The molecule has 3 aromatic rings. The van der Waals surface area contributed by atoms with Crippen LogP contribution in [0, 0.1) is 0 Å². The number of para-hydroxylation sites is 1. The second-order valence-corrected chi connectivity index (χ2v) is 7.96. The van der Waals surface area contributed by atoms with Gasteiger partial charge in [-0.15, -0.1) is 0 Å². The molecule has 0 radical (unpaired) electrons. The van der Waals surface area contributed by atoms with E-state index in [1.807, 2.05) is 54.6 Å². The molecular formula is C30H33NO6. The molecule has 3 aromatic carbocycles. The van der Waals surface area contributed by atoms with Gasteiger partial charge < -0.3 is 29.0 Å². The minimum absolute atomic E-state index is 0.230. The van der Waals surface area contributed by atoms with E-state index in [0.717, 1.165) is 11.1 Å². The van der Waals surface area contributed by atoms with Crippen molar-refractivity contribution in [1.82, 2.24) is 5.32 Å². The second kappa shape index (κ2) is 13.6. The van der Waals surface area contributed by atoms with Gasteiger partial charge in [0.15, 0.2) is 23.0 Å². The second-order valence-electron chi connectivity index (χ2n) is 7.96. The molecule has 0 aliphatic rings. The fourth-order valence-electron chi connectivity index (χ4n) is 3.77. The van der Waals surface area contributed by atoms with Gasteiger partial charge in [0.25, 0.3) is 5.91 Å². The SMILES string of the molecule is C=CCOc1ccccc1/C=C(/C(=O)NCCc1ccc(OC)c(OC)c1)c1ccc(OC)c(OC)c1. The molecule has 0 saturated carbocycles. The number of amides is 1. The highest BCUT2D eigenvalue weighted by molar-refractivity contribution is 6.24. The number of nitrogens with one attached hydrogen (secondary N) is 1. The molecule has 0 aliphatic heterocycles. The zero-order valence-corrected chi connectivity index (χ0v) is 21.7. The summed E-state index contributed by atoms with van der Waals surface area (Å²) in [4.78, 5) is 13.5. The summed E-state index contributed by atoms with van der Waals surface area (Å²) in [6.45, 7) is 4.49. The van der Waals surface area contributed by atoms with Crippen LogP contribution in [0.15, 0.2) is 73.3 Å². The van der Waals surface area contributed by atoms with Crippen LogP contribution in [-0.4, -0.2) is 47.5 Å².